The second-order valence-corrected chi connectivity index (χ2v) is 9.19. The Morgan fingerprint density at radius 1 is 1.03 bits per heavy atom. The van der Waals surface area contributed by atoms with Gasteiger partial charge in [0.25, 0.3) is 11.8 Å². The van der Waals surface area contributed by atoms with Crippen molar-refractivity contribution in [1.82, 2.24) is 20.5 Å². The van der Waals surface area contributed by atoms with Crippen LogP contribution in [0, 0.1) is 0 Å². The quantitative estimate of drug-likeness (QED) is 0.367. The summed E-state index contributed by atoms with van der Waals surface area (Å²) < 4.78 is 5.25. The van der Waals surface area contributed by atoms with Crippen molar-refractivity contribution >= 4 is 34.4 Å². The Kier molecular flexibility index (Phi) is 5.08. The van der Waals surface area contributed by atoms with Gasteiger partial charge in [-0.25, -0.2) is 9.78 Å². The van der Waals surface area contributed by atoms with Crippen LogP contribution in [0.25, 0.3) is 22.0 Å². The smallest absolute Gasteiger partial charge is 0.322 e. The maximum atomic E-state index is 13.2. The summed E-state index contributed by atoms with van der Waals surface area (Å²) in [6.45, 7) is 0.291. The molecule has 4 amide bonds. The molecular formula is C28H23N5O4. The number of anilines is 1. The Balaban J connectivity index is 1.37. The van der Waals surface area contributed by atoms with Crippen LogP contribution in [0.1, 0.15) is 21.5 Å². The number of ether oxygens (including phenoxy) is 1. The number of hydrogen-bond donors (Lipinski definition) is 3. The van der Waals surface area contributed by atoms with Crippen LogP contribution in [0.5, 0.6) is 5.75 Å². The Morgan fingerprint density at radius 2 is 1.81 bits per heavy atom. The van der Waals surface area contributed by atoms with Gasteiger partial charge in [0.1, 0.15) is 11.6 Å². The fourth-order valence-corrected chi connectivity index (χ4v) is 5.13. The second kappa shape index (κ2) is 8.34. The third-order valence-corrected chi connectivity index (χ3v) is 6.98. The van der Waals surface area contributed by atoms with Gasteiger partial charge in [-0.2, -0.15) is 0 Å². The summed E-state index contributed by atoms with van der Waals surface area (Å²) in [5.41, 5.74) is 8.04. The van der Waals surface area contributed by atoms with Crippen molar-refractivity contribution in [1.29, 1.82) is 0 Å². The van der Waals surface area contributed by atoms with Crippen molar-refractivity contribution in [2.45, 2.75) is 12.1 Å². The molecule has 3 aromatic carbocycles. The number of benzene rings is 3. The largest absolute Gasteiger partial charge is 0.497 e. The van der Waals surface area contributed by atoms with Gasteiger partial charge in [0.15, 0.2) is 5.54 Å². The molecule has 9 heteroatoms. The van der Waals surface area contributed by atoms with Crippen molar-refractivity contribution in [3.05, 3.63) is 89.5 Å². The lowest BCUT2D eigenvalue weighted by atomic mass is 9.88. The number of amides is 4. The molecule has 2 aliphatic rings. The van der Waals surface area contributed by atoms with Gasteiger partial charge in [0, 0.05) is 23.1 Å². The van der Waals surface area contributed by atoms with E-state index in [2.05, 4.69) is 15.6 Å². The number of nitrogens with two attached hydrogens (primary N) is 1. The van der Waals surface area contributed by atoms with Crippen LogP contribution in [-0.4, -0.2) is 41.4 Å². The van der Waals surface area contributed by atoms with Crippen molar-refractivity contribution < 1.29 is 19.1 Å². The molecule has 2 aliphatic heterocycles. The minimum Gasteiger partial charge on any atom is -0.497 e. The summed E-state index contributed by atoms with van der Waals surface area (Å²) in [4.78, 5) is 44.8. The number of pyridine rings is 1. The summed E-state index contributed by atoms with van der Waals surface area (Å²) in [6.07, 6.45) is 0. The fraction of sp³-hybridized carbons (Fsp3) is 0.143. The molecule has 4 aromatic rings. The number of rotatable bonds is 5. The number of fused-ring (bicyclic) bond motifs is 2. The van der Waals surface area contributed by atoms with Crippen molar-refractivity contribution in [2.24, 2.45) is 0 Å². The standard InChI is InChI=1S/C28H23N5O4/c1-37-20-11-8-18-14-33(25(34)22(18)13-20)15-28(26(35)31-27(36)32-28)19-9-6-16(7-10-19)24-21-5-3-2-4-17(21)12-23(29)30-24/h2-13H,14-15H2,1H3,(H2,29,30)(H2,31,32,35,36)/t28-/m0/s1. The number of carbonyl (C=O) groups excluding carboxylic acids is 3. The van der Waals surface area contributed by atoms with Gasteiger partial charge in [0.05, 0.1) is 19.3 Å². The zero-order valence-electron chi connectivity index (χ0n) is 19.9. The number of methoxy groups -OCH3 is 1. The summed E-state index contributed by atoms with van der Waals surface area (Å²) >= 11 is 0. The highest BCUT2D eigenvalue weighted by molar-refractivity contribution is 6.08. The Hall–Kier alpha value is -4.92. The molecule has 3 heterocycles. The molecule has 9 nitrogen and oxygen atoms in total. The van der Waals surface area contributed by atoms with Crippen molar-refractivity contribution in [3.8, 4) is 17.0 Å². The van der Waals surface area contributed by atoms with Gasteiger partial charge < -0.3 is 20.7 Å². The van der Waals surface area contributed by atoms with Gasteiger partial charge in [-0.1, -0.05) is 54.6 Å². The van der Waals surface area contributed by atoms with Crippen LogP contribution in [-0.2, 0) is 16.9 Å². The SMILES string of the molecule is COc1ccc2c(c1)C(=O)N(C[C@@]1(c3ccc(-c4nc(N)cc5ccccc45)cc3)NC(=O)NC1=O)C2. The number of carbonyl (C=O) groups is 3. The van der Waals surface area contributed by atoms with Crippen LogP contribution in [0.3, 0.4) is 0 Å². The molecule has 0 aliphatic carbocycles. The van der Waals surface area contributed by atoms with E-state index in [0.717, 1.165) is 27.6 Å². The highest BCUT2D eigenvalue weighted by atomic mass is 16.5. The van der Waals surface area contributed by atoms with E-state index in [9.17, 15) is 14.4 Å². The summed E-state index contributed by atoms with van der Waals surface area (Å²) in [5, 5.41) is 7.03. The van der Waals surface area contributed by atoms with Crippen molar-refractivity contribution in [2.75, 3.05) is 19.4 Å². The number of hydrogen-bond acceptors (Lipinski definition) is 6. The van der Waals surface area contributed by atoms with Crippen LogP contribution < -0.4 is 21.1 Å². The molecule has 4 N–H and O–H groups in total. The maximum Gasteiger partial charge on any atom is 0.322 e. The zero-order valence-corrected chi connectivity index (χ0v) is 19.9. The summed E-state index contributed by atoms with van der Waals surface area (Å²) in [6, 6.07) is 21.6. The highest BCUT2D eigenvalue weighted by Gasteiger charge is 2.50. The number of nitrogens with one attached hydrogen (secondary N) is 2. The highest BCUT2D eigenvalue weighted by Crippen LogP contribution is 2.34. The van der Waals surface area contributed by atoms with E-state index < -0.39 is 17.5 Å². The van der Waals surface area contributed by atoms with Gasteiger partial charge in [-0.05, 0) is 34.7 Å². The minimum atomic E-state index is -1.44. The number of imide groups is 1. The average molecular weight is 494 g/mol. The molecule has 0 radical (unpaired) electrons. The molecule has 37 heavy (non-hydrogen) atoms. The Morgan fingerprint density at radius 3 is 2.54 bits per heavy atom. The lowest BCUT2D eigenvalue weighted by Gasteiger charge is -2.31. The first-order chi connectivity index (χ1) is 17.9. The molecule has 1 saturated heterocycles. The summed E-state index contributed by atoms with van der Waals surface area (Å²) in [5.74, 6) is 0.239. The monoisotopic (exact) mass is 493 g/mol. The van der Waals surface area contributed by atoms with Gasteiger partial charge in [-0.3, -0.25) is 14.9 Å². The molecule has 0 saturated carbocycles. The van der Waals surface area contributed by atoms with E-state index in [4.69, 9.17) is 10.5 Å². The Bertz CT molecular complexity index is 1600. The molecule has 0 bridgehead atoms. The van der Waals surface area contributed by atoms with Crippen LogP contribution in [0.4, 0.5) is 10.6 Å². The lowest BCUT2D eigenvalue weighted by Crippen LogP contribution is -2.52. The average Bonchev–Trinajstić information content (AvgIpc) is 3.37. The fourth-order valence-electron chi connectivity index (χ4n) is 5.13. The third-order valence-electron chi connectivity index (χ3n) is 6.98. The van der Waals surface area contributed by atoms with E-state index in [1.165, 1.54) is 7.11 Å². The zero-order chi connectivity index (χ0) is 25.7. The van der Waals surface area contributed by atoms with E-state index in [-0.39, 0.29) is 12.5 Å². The number of nitrogen functional groups attached to an aromatic ring is 1. The lowest BCUT2D eigenvalue weighted by molar-refractivity contribution is -0.124. The van der Waals surface area contributed by atoms with E-state index in [0.29, 0.717) is 29.2 Å². The van der Waals surface area contributed by atoms with Crippen LogP contribution in [0.15, 0.2) is 72.8 Å². The molecule has 1 aromatic heterocycles. The predicted octanol–water partition coefficient (Wildman–Crippen LogP) is 3.18. The number of aromatic nitrogens is 1. The second-order valence-electron chi connectivity index (χ2n) is 9.19. The van der Waals surface area contributed by atoms with E-state index in [1.54, 1.807) is 29.2 Å². The molecule has 1 atom stereocenters. The molecular weight excluding hydrogens is 470 g/mol. The Labute approximate surface area is 212 Å². The van der Waals surface area contributed by atoms with Crippen molar-refractivity contribution in [3.63, 3.8) is 0 Å². The first-order valence-corrected chi connectivity index (χ1v) is 11.7. The molecule has 6 rings (SSSR count). The molecule has 1 fully saturated rings. The van der Waals surface area contributed by atoms with Gasteiger partial charge in [-0.15, -0.1) is 0 Å². The minimum absolute atomic E-state index is 0.0286. The van der Waals surface area contributed by atoms with E-state index >= 15 is 0 Å². The summed E-state index contributed by atoms with van der Waals surface area (Å²) in [7, 11) is 1.54. The van der Waals surface area contributed by atoms with Crippen LogP contribution >= 0.6 is 0 Å². The topological polar surface area (TPSA) is 127 Å². The molecule has 0 unspecified atom stereocenters. The molecule has 184 valence electrons. The number of urea groups is 1. The van der Waals surface area contributed by atoms with Crippen LogP contribution in [0.2, 0.25) is 0 Å². The molecule has 0 spiro atoms. The predicted molar refractivity (Wildman–Crippen MR) is 138 cm³/mol. The maximum absolute atomic E-state index is 13.2. The van der Waals surface area contributed by atoms with Gasteiger partial charge in [0.2, 0.25) is 0 Å². The first kappa shape index (κ1) is 22.5. The van der Waals surface area contributed by atoms with E-state index in [1.807, 2.05) is 48.5 Å². The third kappa shape index (κ3) is 3.63. The normalized spacial score (nSPS) is 18.6. The van der Waals surface area contributed by atoms with Gasteiger partial charge >= 0.3 is 6.03 Å². The number of nitrogens with zero attached hydrogens (tertiary/aromatic N) is 2. The first-order valence-electron chi connectivity index (χ1n) is 11.7.